The van der Waals surface area contributed by atoms with E-state index in [9.17, 15) is 0 Å². The van der Waals surface area contributed by atoms with E-state index >= 15 is 0 Å². The Kier molecular flexibility index (Phi) is 9.91. The van der Waals surface area contributed by atoms with E-state index in [2.05, 4.69) is 65.5 Å². The van der Waals surface area contributed by atoms with Crippen LogP contribution in [-0.2, 0) is 11.2 Å². The van der Waals surface area contributed by atoms with Gasteiger partial charge in [-0.05, 0) is 63.8 Å². The molecule has 1 atom stereocenters. The third-order valence-corrected chi connectivity index (χ3v) is 7.91. The van der Waals surface area contributed by atoms with Crippen molar-refractivity contribution < 1.29 is 14.2 Å². The van der Waals surface area contributed by atoms with Crippen molar-refractivity contribution in [1.29, 1.82) is 0 Å². The molecule has 4 rings (SSSR count). The van der Waals surface area contributed by atoms with Crippen LogP contribution < -0.4 is 24.2 Å². The largest absolute Gasteiger partial charge is 0.493 e. The Morgan fingerprint density at radius 1 is 0.868 bits per heavy atom. The molecule has 210 valence electrons. The first-order valence-electron chi connectivity index (χ1n) is 14.3. The summed E-state index contributed by atoms with van der Waals surface area (Å²) in [5, 5.41) is 0. The lowest BCUT2D eigenvalue weighted by Crippen LogP contribution is -2.47. The van der Waals surface area contributed by atoms with Crippen molar-refractivity contribution in [2.45, 2.75) is 46.6 Å². The topological polar surface area (TPSA) is 66.4 Å². The van der Waals surface area contributed by atoms with Crippen LogP contribution in [0.2, 0.25) is 0 Å². The van der Waals surface area contributed by atoms with Crippen LogP contribution in [0.15, 0.2) is 18.2 Å². The number of benzene rings is 1. The highest BCUT2D eigenvalue weighted by Gasteiger charge is 2.26. The number of rotatable bonds is 12. The van der Waals surface area contributed by atoms with Gasteiger partial charge in [-0.3, -0.25) is 4.90 Å². The first-order chi connectivity index (χ1) is 18.5. The fourth-order valence-electron chi connectivity index (χ4n) is 5.52. The molecular formula is C29H46N6O3. The van der Waals surface area contributed by atoms with Gasteiger partial charge in [-0.25, -0.2) is 0 Å². The van der Waals surface area contributed by atoms with E-state index < -0.39 is 0 Å². The second-order valence-corrected chi connectivity index (χ2v) is 9.86. The average Bonchev–Trinajstić information content (AvgIpc) is 2.96. The fourth-order valence-corrected chi connectivity index (χ4v) is 5.52. The minimum Gasteiger partial charge on any atom is -0.493 e. The molecule has 38 heavy (non-hydrogen) atoms. The van der Waals surface area contributed by atoms with E-state index in [4.69, 9.17) is 24.2 Å². The third-order valence-electron chi connectivity index (χ3n) is 7.91. The maximum atomic E-state index is 6.21. The Bertz CT molecular complexity index is 1000. The first kappa shape index (κ1) is 28.2. The van der Waals surface area contributed by atoms with Gasteiger partial charge in [0.25, 0.3) is 0 Å². The third kappa shape index (κ3) is 6.26. The van der Waals surface area contributed by atoms with Crippen molar-refractivity contribution >= 4 is 17.6 Å². The lowest BCUT2D eigenvalue weighted by atomic mass is 9.94. The number of methoxy groups -OCH3 is 2. The van der Waals surface area contributed by atoms with Crippen molar-refractivity contribution in [2.24, 2.45) is 0 Å². The zero-order chi connectivity index (χ0) is 27.1. The van der Waals surface area contributed by atoms with Crippen LogP contribution in [0, 0.1) is 0 Å². The Morgan fingerprint density at radius 2 is 1.53 bits per heavy atom. The van der Waals surface area contributed by atoms with Crippen LogP contribution in [0.25, 0.3) is 0 Å². The molecule has 1 saturated heterocycles. The number of ether oxygens (including phenoxy) is 3. The first-order valence-corrected chi connectivity index (χ1v) is 14.3. The molecule has 9 nitrogen and oxygen atoms in total. The second kappa shape index (κ2) is 13.3. The SMILES string of the molecule is CCN(CC)c1cc(N2CCN(CCC3OCCc4cc(OC)c(OC)cc43)CC2)nc(N(CC)CC)n1. The minimum atomic E-state index is 0.0895. The summed E-state index contributed by atoms with van der Waals surface area (Å²) in [5.41, 5.74) is 2.54. The van der Waals surface area contributed by atoms with E-state index in [1.165, 1.54) is 11.1 Å². The second-order valence-electron chi connectivity index (χ2n) is 9.86. The molecule has 0 amide bonds. The summed E-state index contributed by atoms with van der Waals surface area (Å²) in [5.74, 6) is 4.45. The van der Waals surface area contributed by atoms with Gasteiger partial charge in [0.2, 0.25) is 5.95 Å². The number of hydrogen-bond donors (Lipinski definition) is 0. The van der Waals surface area contributed by atoms with Crippen LogP contribution in [-0.4, -0.2) is 94.6 Å². The van der Waals surface area contributed by atoms with Gasteiger partial charge in [-0.2, -0.15) is 9.97 Å². The molecular weight excluding hydrogens is 480 g/mol. The van der Waals surface area contributed by atoms with Crippen LogP contribution in [0.1, 0.15) is 51.3 Å². The number of anilines is 3. The molecule has 1 unspecified atom stereocenters. The molecule has 0 bridgehead atoms. The van der Waals surface area contributed by atoms with Gasteiger partial charge in [-0.15, -0.1) is 0 Å². The summed E-state index contributed by atoms with van der Waals surface area (Å²) >= 11 is 0. The highest BCUT2D eigenvalue weighted by molar-refractivity contribution is 5.56. The molecule has 1 aromatic carbocycles. The number of piperazine rings is 1. The maximum Gasteiger partial charge on any atom is 0.229 e. The summed E-state index contributed by atoms with van der Waals surface area (Å²) in [6.45, 7) is 18.0. The van der Waals surface area contributed by atoms with E-state index in [1.807, 2.05) is 0 Å². The van der Waals surface area contributed by atoms with Crippen molar-refractivity contribution in [3.8, 4) is 11.5 Å². The molecule has 2 aliphatic rings. The van der Waals surface area contributed by atoms with Crippen molar-refractivity contribution in [2.75, 3.05) is 94.4 Å². The monoisotopic (exact) mass is 526 g/mol. The van der Waals surface area contributed by atoms with E-state index in [0.717, 1.165) is 107 Å². The van der Waals surface area contributed by atoms with Gasteiger partial charge in [0.05, 0.1) is 26.9 Å². The molecule has 2 aliphatic heterocycles. The van der Waals surface area contributed by atoms with Gasteiger partial charge in [0.15, 0.2) is 11.5 Å². The lowest BCUT2D eigenvalue weighted by Gasteiger charge is -2.37. The highest BCUT2D eigenvalue weighted by atomic mass is 16.5. The molecule has 0 spiro atoms. The standard InChI is InChI=1S/C29H46N6O3/c1-7-33(8-2)27-21-28(31-29(30-27)34(9-3)10-4)35-16-14-32(15-17-35)13-11-24-23-20-26(37-6)25(36-5)19-22(23)12-18-38-24/h19-21,24H,7-18H2,1-6H3. The van der Waals surface area contributed by atoms with E-state index in [0.29, 0.717) is 0 Å². The summed E-state index contributed by atoms with van der Waals surface area (Å²) in [4.78, 5) is 19.4. The molecule has 0 N–H and O–H groups in total. The molecule has 1 fully saturated rings. The zero-order valence-corrected chi connectivity index (χ0v) is 24.2. The van der Waals surface area contributed by atoms with Gasteiger partial charge in [0, 0.05) is 65.0 Å². The predicted octanol–water partition coefficient (Wildman–Crippen LogP) is 4.01. The molecule has 1 aromatic heterocycles. The van der Waals surface area contributed by atoms with Crippen LogP contribution in [0.4, 0.5) is 17.6 Å². The summed E-state index contributed by atoms with van der Waals surface area (Å²) in [6, 6.07) is 6.39. The van der Waals surface area contributed by atoms with Crippen molar-refractivity contribution in [3.05, 3.63) is 29.3 Å². The Labute approximate surface area is 228 Å². The minimum absolute atomic E-state index is 0.0895. The summed E-state index contributed by atoms with van der Waals surface area (Å²) < 4.78 is 17.3. The molecule has 0 aliphatic carbocycles. The Morgan fingerprint density at radius 3 is 2.16 bits per heavy atom. The molecule has 3 heterocycles. The van der Waals surface area contributed by atoms with Crippen molar-refractivity contribution in [1.82, 2.24) is 14.9 Å². The Hall–Kier alpha value is -2.78. The van der Waals surface area contributed by atoms with Crippen LogP contribution in [0.5, 0.6) is 11.5 Å². The number of nitrogens with zero attached hydrogens (tertiary/aromatic N) is 6. The zero-order valence-electron chi connectivity index (χ0n) is 24.2. The number of aromatic nitrogens is 2. The lowest BCUT2D eigenvalue weighted by molar-refractivity contribution is 0.0286. The van der Waals surface area contributed by atoms with Crippen molar-refractivity contribution in [3.63, 3.8) is 0 Å². The van der Waals surface area contributed by atoms with E-state index in [-0.39, 0.29) is 6.10 Å². The Balaban J connectivity index is 1.41. The molecule has 0 saturated carbocycles. The number of hydrogen-bond acceptors (Lipinski definition) is 9. The maximum absolute atomic E-state index is 6.21. The van der Waals surface area contributed by atoms with E-state index in [1.54, 1.807) is 14.2 Å². The normalized spacial score (nSPS) is 17.7. The summed E-state index contributed by atoms with van der Waals surface area (Å²) in [7, 11) is 3.38. The molecule has 9 heteroatoms. The quantitative estimate of drug-likeness (QED) is 0.408. The van der Waals surface area contributed by atoms with Gasteiger partial charge in [0.1, 0.15) is 11.6 Å². The number of fused-ring (bicyclic) bond motifs is 1. The van der Waals surface area contributed by atoms with Crippen LogP contribution in [0.3, 0.4) is 0 Å². The van der Waals surface area contributed by atoms with Crippen LogP contribution >= 0.6 is 0 Å². The van der Waals surface area contributed by atoms with Gasteiger partial charge < -0.3 is 28.9 Å². The average molecular weight is 527 g/mol. The predicted molar refractivity (Wildman–Crippen MR) is 154 cm³/mol. The molecule has 0 radical (unpaired) electrons. The smallest absolute Gasteiger partial charge is 0.229 e. The van der Waals surface area contributed by atoms with Gasteiger partial charge >= 0.3 is 0 Å². The highest BCUT2D eigenvalue weighted by Crippen LogP contribution is 2.38. The fraction of sp³-hybridized carbons (Fsp3) is 0.655. The summed E-state index contributed by atoms with van der Waals surface area (Å²) in [6.07, 6.45) is 1.97. The molecule has 2 aromatic rings. The van der Waals surface area contributed by atoms with Gasteiger partial charge in [-0.1, -0.05) is 0 Å².